The van der Waals surface area contributed by atoms with E-state index in [4.69, 9.17) is 0 Å². The number of anilines is 1. The van der Waals surface area contributed by atoms with Gasteiger partial charge in [0.15, 0.2) is 0 Å². The van der Waals surface area contributed by atoms with Gasteiger partial charge in [-0.1, -0.05) is 55.0 Å². The van der Waals surface area contributed by atoms with E-state index in [-0.39, 0.29) is 6.04 Å². The Morgan fingerprint density at radius 1 is 1.05 bits per heavy atom. The number of aliphatic hydroxyl groups excluding tert-OH is 1. The molecular weight excluding hydrogens is 272 g/mol. The van der Waals surface area contributed by atoms with Crippen LogP contribution in [0.2, 0.25) is 0 Å². The van der Waals surface area contributed by atoms with E-state index in [1.54, 1.807) is 0 Å². The van der Waals surface area contributed by atoms with Crippen molar-refractivity contribution in [2.24, 2.45) is 0 Å². The van der Waals surface area contributed by atoms with Gasteiger partial charge in [-0.2, -0.15) is 0 Å². The molecule has 0 aliphatic carbocycles. The Balaban J connectivity index is 2.28. The fourth-order valence-corrected chi connectivity index (χ4v) is 2.70. The molecule has 0 aromatic heterocycles. The summed E-state index contributed by atoms with van der Waals surface area (Å²) in [6, 6.07) is 18.5. The fraction of sp³-hybridized carbons (Fsp3) is 0.368. The van der Waals surface area contributed by atoms with Crippen LogP contribution >= 0.6 is 0 Å². The van der Waals surface area contributed by atoms with Gasteiger partial charge in [0, 0.05) is 19.3 Å². The van der Waals surface area contributed by atoms with Crippen molar-refractivity contribution >= 4 is 5.69 Å². The number of hydrogen-bond donors (Lipinski definition) is 2. The normalized spacial score (nSPS) is 13.6. The highest BCUT2D eigenvalue weighted by molar-refractivity contribution is 5.49. The van der Waals surface area contributed by atoms with E-state index < -0.39 is 6.10 Å². The molecule has 0 saturated carbocycles. The molecule has 2 atom stereocenters. The molecule has 22 heavy (non-hydrogen) atoms. The smallest absolute Gasteiger partial charge is 0.0909 e. The van der Waals surface area contributed by atoms with Crippen molar-refractivity contribution in [2.45, 2.75) is 26.0 Å². The Kier molecular flexibility index (Phi) is 5.99. The lowest BCUT2D eigenvalue weighted by atomic mass is 9.99. The van der Waals surface area contributed by atoms with E-state index in [2.05, 4.69) is 53.5 Å². The third-order valence-corrected chi connectivity index (χ3v) is 3.97. The largest absolute Gasteiger partial charge is 0.389 e. The molecule has 0 aliphatic rings. The van der Waals surface area contributed by atoms with E-state index in [9.17, 15) is 5.11 Å². The van der Waals surface area contributed by atoms with Gasteiger partial charge in [0.1, 0.15) is 0 Å². The van der Waals surface area contributed by atoms with Crippen LogP contribution in [0, 0.1) is 6.92 Å². The summed E-state index contributed by atoms with van der Waals surface area (Å²) >= 11 is 0. The van der Waals surface area contributed by atoms with Crippen molar-refractivity contribution in [3.8, 4) is 0 Å². The lowest BCUT2D eigenvalue weighted by Gasteiger charge is -2.34. The Morgan fingerprint density at radius 2 is 1.68 bits per heavy atom. The zero-order valence-corrected chi connectivity index (χ0v) is 13.7. The van der Waals surface area contributed by atoms with E-state index in [0.29, 0.717) is 6.54 Å². The molecule has 0 spiro atoms. The molecule has 0 amide bonds. The van der Waals surface area contributed by atoms with Crippen LogP contribution in [0.5, 0.6) is 0 Å². The van der Waals surface area contributed by atoms with Crippen molar-refractivity contribution in [2.75, 3.05) is 25.0 Å². The van der Waals surface area contributed by atoms with Crippen LogP contribution in [0.25, 0.3) is 0 Å². The number of rotatable bonds is 7. The Bertz CT molecular complexity index is 553. The fourth-order valence-electron chi connectivity index (χ4n) is 2.70. The van der Waals surface area contributed by atoms with Crippen LogP contribution in [0.4, 0.5) is 5.69 Å². The number of benzene rings is 2. The third kappa shape index (κ3) is 4.09. The van der Waals surface area contributed by atoms with E-state index >= 15 is 0 Å². The molecule has 3 heteroatoms. The summed E-state index contributed by atoms with van der Waals surface area (Å²) in [6.45, 7) is 5.56. The zero-order chi connectivity index (χ0) is 15.9. The predicted octanol–water partition coefficient (Wildman–Crippen LogP) is 3.14. The lowest BCUT2D eigenvalue weighted by molar-refractivity contribution is 0.141. The average molecular weight is 298 g/mol. The highest BCUT2D eigenvalue weighted by Gasteiger charge is 2.25. The number of nitrogens with zero attached hydrogens (tertiary/aromatic N) is 1. The third-order valence-electron chi connectivity index (χ3n) is 3.97. The molecule has 2 rings (SSSR count). The first-order valence-corrected chi connectivity index (χ1v) is 7.86. The van der Waals surface area contributed by atoms with Gasteiger partial charge in [0.05, 0.1) is 12.1 Å². The Labute approximate surface area is 133 Å². The summed E-state index contributed by atoms with van der Waals surface area (Å²) in [5.74, 6) is 0. The van der Waals surface area contributed by atoms with Gasteiger partial charge in [-0.15, -0.1) is 0 Å². The number of aliphatic hydroxyl groups is 1. The zero-order valence-electron chi connectivity index (χ0n) is 13.7. The summed E-state index contributed by atoms with van der Waals surface area (Å²) in [4.78, 5) is 2.15. The first-order valence-electron chi connectivity index (χ1n) is 7.86. The highest BCUT2D eigenvalue weighted by Crippen LogP contribution is 2.28. The van der Waals surface area contributed by atoms with Gasteiger partial charge < -0.3 is 15.3 Å². The molecule has 2 unspecified atom stereocenters. The first kappa shape index (κ1) is 16.5. The quantitative estimate of drug-likeness (QED) is 0.824. The summed E-state index contributed by atoms with van der Waals surface area (Å²) in [7, 11) is 2.04. The SMILES string of the molecule is CCNCC(O)C(c1ccccc1)N(C)c1ccc(C)cc1. The van der Waals surface area contributed by atoms with Gasteiger partial charge >= 0.3 is 0 Å². The summed E-state index contributed by atoms with van der Waals surface area (Å²) in [5, 5.41) is 13.9. The Hall–Kier alpha value is -1.84. The molecule has 2 aromatic carbocycles. The second kappa shape index (κ2) is 7.97. The summed E-state index contributed by atoms with van der Waals surface area (Å²) < 4.78 is 0. The molecule has 0 radical (unpaired) electrons. The molecule has 0 saturated heterocycles. The minimum Gasteiger partial charge on any atom is -0.389 e. The van der Waals surface area contributed by atoms with Crippen molar-refractivity contribution in [3.63, 3.8) is 0 Å². The van der Waals surface area contributed by atoms with Gasteiger partial charge in [0.25, 0.3) is 0 Å². The second-order valence-corrected chi connectivity index (χ2v) is 5.68. The topological polar surface area (TPSA) is 35.5 Å². The van der Waals surface area contributed by atoms with Crippen molar-refractivity contribution in [1.29, 1.82) is 0 Å². The van der Waals surface area contributed by atoms with Gasteiger partial charge in [0.2, 0.25) is 0 Å². The van der Waals surface area contributed by atoms with Crippen LogP contribution in [-0.2, 0) is 0 Å². The van der Waals surface area contributed by atoms with Crippen LogP contribution < -0.4 is 10.2 Å². The minimum atomic E-state index is -0.478. The average Bonchev–Trinajstić information content (AvgIpc) is 2.54. The number of aryl methyl sites for hydroxylation is 1. The minimum absolute atomic E-state index is 0.0806. The van der Waals surface area contributed by atoms with E-state index in [1.807, 2.05) is 32.2 Å². The highest BCUT2D eigenvalue weighted by atomic mass is 16.3. The van der Waals surface area contributed by atoms with Crippen LogP contribution in [0.15, 0.2) is 54.6 Å². The number of nitrogens with one attached hydrogen (secondary N) is 1. The maximum Gasteiger partial charge on any atom is 0.0909 e. The molecule has 2 aromatic rings. The molecular formula is C19H26N2O. The standard InChI is InChI=1S/C19H26N2O/c1-4-20-14-18(22)19(16-8-6-5-7-9-16)21(3)17-12-10-15(2)11-13-17/h5-13,18-20,22H,4,14H2,1-3H3. The number of likely N-dealkylation sites (N-methyl/N-ethyl adjacent to an activating group) is 2. The van der Waals surface area contributed by atoms with Crippen LogP contribution in [-0.4, -0.2) is 31.3 Å². The van der Waals surface area contributed by atoms with Gasteiger partial charge in [-0.3, -0.25) is 0 Å². The molecule has 0 fully saturated rings. The maximum atomic E-state index is 10.7. The van der Waals surface area contributed by atoms with Gasteiger partial charge in [-0.25, -0.2) is 0 Å². The van der Waals surface area contributed by atoms with E-state index in [1.165, 1.54) is 5.56 Å². The predicted molar refractivity (Wildman–Crippen MR) is 93.3 cm³/mol. The molecule has 0 heterocycles. The van der Waals surface area contributed by atoms with Crippen LogP contribution in [0.3, 0.4) is 0 Å². The summed E-state index contributed by atoms with van der Waals surface area (Å²) in [6.07, 6.45) is -0.478. The molecule has 118 valence electrons. The molecule has 0 bridgehead atoms. The van der Waals surface area contributed by atoms with Gasteiger partial charge in [-0.05, 0) is 31.2 Å². The first-order chi connectivity index (χ1) is 10.6. The number of hydrogen-bond acceptors (Lipinski definition) is 3. The molecule has 0 aliphatic heterocycles. The summed E-state index contributed by atoms with van der Waals surface area (Å²) in [5.41, 5.74) is 3.47. The Morgan fingerprint density at radius 3 is 2.27 bits per heavy atom. The van der Waals surface area contributed by atoms with Crippen molar-refractivity contribution < 1.29 is 5.11 Å². The molecule has 3 nitrogen and oxygen atoms in total. The second-order valence-electron chi connectivity index (χ2n) is 5.68. The molecule has 2 N–H and O–H groups in total. The monoisotopic (exact) mass is 298 g/mol. The maximum absolute atomic E-state index is 10.7. The van der Waals surface area contributed by atoms with Crippen molar-refractivity contribution in [3.05, 3.63) is 65.7 Å². The van der Waals surface area contributed by atoms with Crippen LogP contribution in [0.1, 0.15) is 24.1 Å². The lowest BCUT2D eigenvalue weighted by Crippen LogP contribution is -2.40. The van der Waals surface area contributed by atoms with Crippen molar-refractivity contribution in [1.82, 2.24) is 5.32 Å². The van der Waals surface area contributed by atoms with E-state index in [0.717, 1.165) is 17.8 Å².